The third-order valence-electron chi connectivity index (χ3n) is 1.93. The van der Waals surface area contributed by atoms with Gasteiger partial charge in [0.25, 0.3) is 0 Å². The van der Waals surface area contributed by atoms with E-state index in [0.29, 0.717) is 0 Å². The van der Waals surface area contributed by atoms with E-state index in [1.165, 1.54) is 6.08 Å². The molecule has 0 aromatic heterocycles. The van der Waals surface area contributed by atoms with Crippen LogP contribution in [0.4, 0.5) is 0 Å². The van der Waals surface area contributed by atoms with Crippen LogP contribution in [0.1, 0.15) is 5.56 Å². The molecule has 0 aliphatic rings. The van der Waals surface area contributed by atoms with Crippen molar-refractivity contribution in [1.29, 1.82) is 0 Å². The van der Waals surface area contributed by atoms with Gasteiger partial charge in [-0.2, -0.15) is 0 Å². The van der Waals surface area contributed by atoms with E-state index in [-0.39, 0.29) is 6.61 Å². The summed E-state index contributed by atoms with van der Waals surface area (Å²) in [4.78, 5) is 21.5. The van der Waals surface area contributed by atoms with Crippen molar-refractivity contribution in [3.05, 3.63) is 42.0 Å². The number of nitrogens with two attached hydrogens (primary N) is 1. The van der Waals surface area contributed by atoms with Gasteiger partial charge in [0.15, 0.2) is 0 Å². The van der Waals surface area contributed by atoms with Crippen molar-refractivity contribution in [2.24, 2.45) is 5.73 Å². The highest BCUT2D eigenvalue weighted by Crippen LogP contribution is 2.01. The van der Waals surface area contributed by atoms with Crippen molar-refractivity contribution in [2.45, 2.75) is 6.04 Å². The van der Waals surface area contributed by atoms with E-state index in [4.69, 9.17) is 10.8 Å². The lowest BCUT2D eigenvalue weighted by Gasteiger charge is -2.05. The second kappa shape index (κ2) is 6.44. The molecule has 1 rings (SSSR count). The van der Waals surface area contributed by atoms with Crippen molar-refractivity contribution < 1.29 is 19.4 Å². The van der Waals surface area contributed by atoms with Crippen LogP contribution in [0.25, 0.3) is 6.08 Å². The third kappa shape index (κ3) is 4.94. The highest BCUT2D eigenvalue weighted by atomic mass is 16.5. The summed E-state index contributed by atoms with van der Waals surface area (Å²) in [5, 5.41) is 8.47. The number of ether oxygens (including phenoxy) is 1. The number of rotatable bonds is 5. The molecule has 0 spiro atoms. The molecule has 5 nitrogen and oxygen atoms in total. The fraction of sp³-hybridized carbons (Fsp3) is 0.167. The summed E-state index contributed by atoms with van der Waals surface area (Å²) in [6, 6.07) is 8.00. The van der Waals surface area contributed by atoms with Gasteiger partial charge in [0.2, 0.25) is 0 Å². The van der Waals surface area contributed by atoms with E-state index >= 15 is 0 Å². The Kier molecular flexibility index (Phi) is 4.90. The van der Waals surface area contributed by atoms with E-state index in [1.807, 2.05) is 30.3 Å². The molecule has 0 heterocycles. The molecular weight excluding hydrogens is 222 g/mol. The number of aliphatic carboxylic acids is 1. The van der Waals surface area contributed by atoms with Gasteiger partial charge < -0.3 is 15.6 Å². The Bertz CT molecular complexity index is 414. The molecular formula is C12H13NO4. The van der Waals surface area contributed by atoms with E-state index in [0.717, 1.165) is 5.56 Å². The molecule has 0 fully saturated rings. The Morgan fingerprint density at radius 1 is 1.35 bits per heavy atom. The minimum atomic E-state index is -1.20. The maximum atomic E-state index is 11.2. The van der Waals surface area contributed by atoms with Crippen molar-refractivity contribution in [1.82, 2.24) is 0 Å². The SMILES string of the molecule is NC(COC(=O)C=Cc1ccccc1)C(=O)O. The van der Waals surface area contributed by atoms with Gasteiger partial charge in [-0.1, -0.05) is 30.3 Å². The molecule has 1 unspecified atom stereocenters. The van der Waals surface area contributed by atoms with Gasteiger partial charge in [0.05, 0.1) is 0 Å². The second-order valence-electron chi connectivity index (χ2n) is 3.32. The number of benzene rings is 1. The zero-order valence-electron chi connectivity index (χ0n) is 9.08. The molecule has 3 N–H and O–H groups in total. The van der Waals surface area contributed by atoms with Crippen LogP contribution in [0.5, 0.6) is 0 Å². The number of esters is 1. The summed E-state index contributed by atoms with van der Waals surface area (Å²) in [6.45, 7) is -0.340. The topological polar surface area (TPSA) is 89.6 Å². The number of carbonyl (C=O) groups excluding carboxylic acids is 1. The average Bonchev–Trinajstić information content (AvgIpc) is 2.34. The number of hydrogen-bond acceptors (Lipinski definition) is 4. The van der Waals surface area contributed by atoms with Crippen LogP contribution in [0, 0.1) is 0 Å². The van der Waals surface area contributed by atoms with Crippen LogP contribution in [0.15, 0.2) is 36.4 Å². The van der Waals surface area contributed by atoms with E-state index < -0.39 is 18.0 Å². The molecule has 1 aromatic rings. The first-order valence-electron chi connectivity index (χ1n) is 4.98. The molecule has 17 heavy (non-hydrogen) atoms. The monoisotopic (exact) mass is 235 g/mol. The average molecular weight is 235 g/mol. The van der Waals surface area contributed by atoms with Crippen molar-refractivity contribution in [2.75, 3.05) is 6.61 Å². The first-order chi connectivity index (χ1) is 8.09. The lowest BCUT2D eigenvalue weighted by Crippen LogP contribution is -2.35. The summed E-state index contributed by atoms with van der Waals surface area (Å²) in [5.74, 6) is -1.82. The minimum absolute atomic E-state index is 0.340. The number of carboxylic acids is 1. The maximum Gasteiger partial charge on any atom is 0.330 e. The van der Waals surface area contributed by atoms with Crippen molar-refractivity contribution in [3.63, 3.8) is 0 Å². The minimum Gasteiger partial charge on any atom is -0.480 e. The molecule has 0 radical (unpaired) electrons. The van der Waals surface area contributed by atoms with Crippen LogP contribution < -0.4 is 5.73 Å². The predicted molar refractivity (Wildman–Crippen MR) is 62.0 cm³/mol. The Labute approximate surface area is 98.5 Å². The lowest BCUT2D eigenvalue weighted by atomic mass is 10.2. The standard InChI is InChI=1S/C12H13NO4/c13-10(12(15)16)8-17-11(14)7-6-9-4-2-1-3-5-9/h1-7,10H,8,13H2,(H,15,16). The van der Waals surface area contributed by atoms with Gasteiger partial charge in [0, 0.05) is 6.08 Å². The van der Waals surface area contributed by atoms with Crippen LogP contribution in [0.2, 0.25) is 0 Å². The highest BCUT2D eigenvalue weighted by molar-refractivity contribution is 5.87. The smallest absolute Gasteiger partial charge is 0.330 e. The Morgan fingerprint density at radius 2 is 2.00 bits per heavy atom. The molecule has 0 aliphatic heterocycles. The van der Waals surface area contributed by atoms with Crippen LogP contribution in [-0.2, 0) is 14.3 Å². The van der Waals surface area contributed by atoms with Crippen molar-refractivity contribution in [3.8, 4) is 0 Å². The summed E-state index contributed by atoms with van der Waals surface area (Å²) in [7, 11) is 0. The Morgan fingerprint density at radius 3 is 2.59 bits per heavy atom. The van der Waals surface area contributed by atoms with E-state index in [2.05, 4.69) is 4.74 Å². The molecule has 0 amide bonds. The summed E-state index contributed by atoms with van der Waals surface area (Å²) in [5.41, 5.74) is 6.02. The summed E-state index contributed by atoms with van der Waals surface area (Å²) >= 11 is 0. The van der Waals surface area contributed by atoms with E-state index in [1.54, 1.807) is 6.08 Å². The maximum absolute atomic E-state index is 11.2. The Balaban J connectivity index is 2.40. The second-order valence-corrected chi connectivity index (χ2v) is 3.32. The third-order valence-corrected chi connectivity index (χ3v) is 1.93. The number of carboxylic acid groups (broad SMARTS) is 1. The highest BCUT2D eigenvalue weighted by Gasteiger charge is 2.12. The predicted octanol–water partition coefficient (Wildman–Crippen LogP) is 0.655. The fourth-order valence-corrected chi connectivity index (χ4v) is 1.02. The molecule has 0 bridgehead atoms. The van der Waals surface area contributed by atoms with Gasteiger partial charge in [-0.05, 0) is 11.6 Å². The summed E-state index contributed by atoms with van der Waals surface area (Å²) in [6.07, 6.45) is 2.80. The molecule has 1 aromatic carbocycles. The quantitative estimate of drug-likeness (QED) is 0.578. The van der Waals surface area contributed by atoms with Crippen LogP contribution in [0.3, 0.4) is 0 Å². The molecule has 0 saturated heterocycles. The van der Waals surface area contributed by atoms with Gasteiger partial charge in [-0.15, -0.1) is 0 Å². The molecule has 5 heteroatoms. The van der Waals surface area contributed by atoms with Crippen LogP contribution >= 0.6 is 0 Å². The molecule has 0 aliphatic carbocycles. The fourth-order valence-electron chi connectivity index (χ4n) is 1.02. The zero-order chi connectivity index (χ0) is 12.7. The molecule has 0 saturated carbocycles. The van der Waals surface area contributed by atoms with Gasteiger partial charge >= 0.3 is 11.9 Å². The summed E-state index contributed by atoms with van der Waals surface area (Å²) < 4.78 is 4.66. The molecule has 90 valence electrons. The van der Waals surface area contributed by atoms with Crippen molar-refractivity contribution >= 4 is 18.0 Å². The lowest BCUT2D eigenvalue weighted by molar-refractivity contribution is -0.144. The molecule has 1 atom stereocenters. The number of carbonyl (C=O) groups is 2. The van der Waals surface area contributed by atoms with Gasteiger partial charge in [-0.3, -0.25) is 4.79 Å². The van der Waals surface area contributed by atoms with E-state index in [9.17, 15) is 9.59 Å². The zero-order valence-corrected chi connectivity index (χ0v) is 9.08. The first-order valence-corrected chi connectivity index (χ1v) is 4.98. The number of hydrogen-bond donors (Lipinski definition) is 2. The van der Waals surface area contributed by atoms with Crippen LogP contribution in [-0.4, -0.2) is 29.7 Å². The van der Waals surface area contributed by atoms with Gasteiger partial charge in [0.1, 0.15) is 12.6 Å². The Hall–Kier alpha value is -2.14. The normalized spacial score (nSPS) is 12.3. The first kappa shape index (κ1) is 12.9. The van der Waals surface area contributed by atoms with Gasteiger partial charge in [-0.25, -0.2) is 4.79 Å². The largest absolute Gasteiger partial charge is 0.480 e.